The first-order chi connectivity index (χ1) is 14.4. The Morgan fingerprint density at radius 2 is 1.70 bits per heavy atom. The zero-order valence-corrected chi connectivity index (χ0v) is 17.3. The summed E-state index contributed by atoms with van der Waals surface area (Å²) in [6.07, 6.45) is 1.66. The Morgan fingerprint density at radius 1 is 1.00 bits per heavy atom. The van der Waals surface area contributed by atoms with Gasteiger partial charge in [0.25, 0.3) is 17.1 Å². The van der Waals surface area contributed by atoms with Crippen LogP contribution in [0.1, 0.15) is 15.9 Å². The molecule has 4 amide bonds. The van der Waals surface area contributed by atoms with Gasteiger partial charge >= 0.3 is 0 Å². The number of hydrogen-bond donors (Lipinski definition) is 2. The lowest BCUT2D eigenvalue weighted by atomic mass is 10.2. The van der Waals surface area contributed by atoms with Crippen LogP contribution in [0.15, 0.2) is 59.5 Å². The minimum atomic E-state index is -0.427. The van der Waals surface area contributed by atoms with Crippen molar-refractivity contribution in [1.82, 2.24) is 15.5 Å². The van der Waals surface area contributed by atoms with Crippen LogP contribution in [-0.4, -0.2) is 47.5 Å². The van der Waals surface area contributed by atoms with Gasteiger partial charge in [-0.05, 0) is 47.7 Å². The van der Waals surface area contributed by atoms with Gasteiger partial charge in [0, 0.05) is 23.7 Å². The fourth-order valence-corrected chi connectivity index (χ4v) is 3.62. The Morgan fingerprint density at radius 3 is 2.40 bits per heavy atom. The monoisotopic (exact) mass is 443 g/mol. The lowest BCUT2D eigenvalue weighted by Gasteiger charge is -2.13. The van der Waals surface area contributed by atoms with Crippen molar-refractivity contribution in [3.05, 3.63) is 75.7 Å². The summed E-state index contributed by atoms with van der Waals surface area (Å²) in [7, 11) is 0. The third-order valence-corrected chi connectivity index (χ3v) is 5.30. The number of rotatable bonds is 7. The minimum absolute atomic E-state index is 0.0493. The van der Waals surface area contributed by atoms with Crippen LogP contribution in [-0.2, 0) is 9.59 Å². The molecule has 1 aliphatic heterocycles. The highest BCUT2D eigenvalue weighted by atomic mass is 35.5. The maximum atomic E-state index is 12.4. The van der Waals surface area contributed by atoms with Crippen molar-refractivity contribution in [1.29, 1.82) is 0 Å². The average molecular weight is 444 g/mol. The molecular formula is C21H18ClN3O4S. The van der Waals surface area contributed by atoms with Crippen LogP contribution in [0.2, 0.25) is 5.02 Å². The molecule has 1 saturated heterocycles. The smallest absolute Gasteiger partial charge is 0.293 e. The standard InChI is InChI=1S/C21H18ClN3O4S/c22-16-8-6-15(7-9-16)19(27)24-13-18(26)23-10-11-25-20(28)17(30-21(25)29)12-14-4-2-1-3-5-14/h1-9,12H,10-11,13H2,(H,23,26)(H,24,27)/b17-12-. The van der Waals surface area contributed by atoms with Crippen LogP contribution < -0.4 is 10.6 Å². The first-order valence-electron chi connectivity index (χ1n) is 9.05. The Hall–Kier alpha value is -3.10. The second-order valence-electron chi connectivity index (χ2n) is 6.28. The van der Waals surface area contributed by atoms with Crippen molar-refractivity contribution in [2.75, 3.05) is 19.6 Å². The molecule has 2 N–H and O–H groups in total. The molecule has 7 nitrogen and oxygen atoms in total. The maximum absolute atomic E-state index is 12.4. The molecule has 154 valence electrons. The molecule has 1 heterocycles. The number of carbonyl (C=O) groups is 4. The van der Waals surface area contributed by atoms with Crippen molar-refractivity contribution >= 4 is 52.4 Å². The van der Waals surface area contributed by atoms with E-state index in [0.717, 1.165) is 22.2 Å². The molecule has 30 heavy (non-hydrogen) atoms. The molecule has 0 bridgehead atoms. The van der Waals surface area contributed by atoms with Gasteiger partial charge in [0.05, 0.1) is 11.4 Å². The zero-order valence-electron chi connectivity index (χ0n) is 15.8. The fourth-order valence-electron chi connectivity index (χ4n) is 2.63. The lowest BCUT2D eigenvalue weighted by Crippen LogP contribution is -2.41. The van der Waals surface area contributed by atoms with Crippen LogP contribution in [0, 0.1) is 0 Å². The number of nitrogens with zero attached hydrogens (tertiary/aromatic N) is 1. The van der Waals surface area contributed by atoms with Crippen molar-refractivity contribution in [2.24, 2.45) is 0 Å². The second-order valence-corrected chi connectivity index (χ2v) is 7.71. The number of carbonyl (C=O) groups excluding carboxylic acids is 4. The second kappa shape index (κ2) is 10.1. The summed E-state index contributed by atoms with van der Waals surface area (Å²) in [4.78, 5) is 49.9. The van der Waals surface area contributed by atoms with Gasteiger partial charge < -0.3 is 10.6 Å². The minimum Gasteiger partial charge on any atom is -0.353 e. The first kappa shape index (κ1) is 21.6. The van der Waals surface area contributed by atoms with Crippen LogP contribution in [0.25, 0.3) is 6.08 Å². The molecule has 2 aromatic carbocycles. The Labute approximate surface area is 182 Å². The largest absolute Gasteiger partial charge is 0.353 e. The highest BCUT2D eigenvalue weighted by molar-refractivity contribution is 8.18. The summed E-state index contributed by atoms with van der Waals surface area (Å²) in [5, 5.41) is 5.20. The molecule has 1 fully saturated rings. The lowest BCUT2D eigenvalue weighted by molar-refractivity contribution is -0.124. The predicted octanol–water partition coefficient (Wildman–Crippen LogP) is 2.92. The molecule has 0 aliphatic carbocycles. The highest BCUT2D eigenvalue weighted by Gasteiger charge is 2.34. The van der Waals surface area contributed by atoms with E-state index in [9.17, 15) is 19.2 Å². The summed E-state index contributed by atoms with van der Waals surface area (Å²) in [6, 6.07) is 15.5. The van der Waals surface area contributed by atoms with Gasteiger partial charge in [-0.25, -0.2) is 0 Å². The van der Waals surface area contributed by atoms with Gasteiger partial charge in [-0.1, -0.05) is 41.9 Å². The Bertz CT molecular complexity index is 993. The Balaban J connectivity index is 1.44. The van der Waals surface area contributed by atoms with E-state index in [-0.39, 0.29) is 30.8 Å². The van der Waals surface area contributed by atoms with E-state index in [4.69, 9.17) is 11.6 Å². The van der Waals surface area contributed by atoms with Gasteiger partial charge in [-0.3, -0.25) is 24.1 Å². The van der Waals surface area contributed by atoms with E-state index in [1.165, 1.54) is 0 Å². The van der Waals surface area contributed by atoms with E-state index >= 15 is 0 Å². The molecule has 1 aliphatic rings. The molecule has 0 unspecified atom stereocenters. The van der Waals surface area contributed by atoms with Crippen molar-refractivity contribution in [3.63, 3.8) is 0 Å². The van der Waals surface area contributed by atoms with E-state index in [2.05, 4.69) is 10.6 Å². The van der Waals surface area contributed by atoms with Gasteiger partial charge in [-0.2, -0.15) is 0 Å². The molecular weight excluding hydrogens is 426 g/mol. The van der Waals surface area contributed by atoms with Gasteiger partial charge in [0.15, 0.2) is 0 Å². The molecule has 3 rings (SSSR count). The normalized spacial score (nSPS) is 14.8. The molecule has 2 aromatic rings. The van der Waals surface area contributed by atoms with Crippen molar-refractivity contribution < 1.29 is 19.2 Å². The summed E-state index contributed by atoms with van der Waals surface area (Å²) in [5.74, 6) is -1.22. The van der Waals surface area contributed by atoms with E-state index < -0.39 is 11.8 Å². The topological polar surface area (TPSA) is 95.6 Å². The third kappa shape index (κ3) is 5.71. The molecule has 0 spiro atoms. The predicted molar refractivity (Wildman–Crippen MR) is 116 cm³/mol. The molecule has 0 atom stereocenters. The molecule has 9 heteroatoms. The zero-order chi connectivity index (χ0) is 21.5. The summed E-state index contributed by atoms with van der Waals surface area (Å²) in [6.45, 7) is -0.0861. The molecule has 0 saturated carbocycles. The summed E-state index contributed by atoms with van der Waals surface area (Å²) < 4.78 is 0. The SMILES string of the molecule is O=C(CNC(=O)c1ccc(Cl)cc1)NCCN1C(=O)S/C(=C\c2ccccc2)C1=O. The maximum Gasteiger partial charge on any atom is 0.293 e. The first-order valence-corrected chi connectivity index (χ1v) is 10.2. The number of hydrogen-bond acceptors (Lipinski definition) is 5. The van der Waals surface area contributed by atoms with Crippen molar-refractivity contribution in [2.45, 2.75) is 0 Å². The highest BCUT2D eigenvalue weighted by Crippen LogP contribution is 2.31. The number of amides is 4. The van der Waals surface area contributed by atoms with Gasteiger partial charge in [0.2, 0.25) is 5.91 Å². The number of imide groups is 1. The summed E-state index contributed by atoms with van der Waals surface area (Å²) >= 11 is 6.64. The summed E-state index contributed by atoms with van der Waals surface area (Å²) in [5.41, 5.74) is 1.21. The van der Waals surface area contributed by atoms with Crippen LogP contribution in [0.5, 0.6) is 0 Å². The van der Waals surface area contributed by atoms with Gasteiger partial charge in [0.1, 0.15) is 0 Å². The Kier molecular flexibility index (Phi) is 7.26. The third-order valence-electron chi connectivity index (χ3n) is 4.14. The average Bonchev–Trinajstić information content (AvgIpc) is 3.00. The van der Waals surface area contributed by atoms with Gasteiger partial charge in [-0.15, -0.1) is 0 Å². The van der Waals surface area contributed by atoms with E-state index in [1.807, 2.05) is 30.3 Å². The quantitative estimate of drug-likeness (QED) is 0.641. The number of halogens is 1. The van der Waals surface area contributed by atoms with E-state index in [0.29, 0.717) is 15.5 Å². The van der Waals surface area contributed by atoms with E-state index in [1.54, 1.807) is 30.3 Å². The fraction of sp³-hybridized carbons (Fsp3) is 0.143. The van der Waals surface area contributed by atoms with Crippen LogP contribution in [0.4, 0.5) is 4.79 Å². The molecule has 0 aromatic heterocycles. The van der Waals surface area contributed by atoms with Crippen LogP contribution in [0.3, 0.4) is 0 Å². The molecule has 0 radical (unpaired) electrons. The van der Waals surface area contributed by atoms with Crippen LogP contribution >= 0.6 is 23.4 Å². The number of thioether (sulfide) groups is 1. The number of nitrogens with one attached hydrogen (secondary N) is 2. The van der Waals surface area contributed by atoms with Crippen molar-refractivity contribution in [3.8, 4) is 0 Å². The number of benzene rings is 2.